The fourth-order valence-corrected chi connectivity index (χ4v) is 4.98. The van der Waals surface area contributed by atoms with Crippen molar-refractivity contribution in [3.05, 3.63) is 59.2 Å². The molecule has 0 atom stereocenters. The summed E-state index contributed by atoms with van der Waals surface area (Å²) in [5.74, 6) is 0.402. The minimum atomic E-state index is -0.210. The number of hydrogen-bond acceptors (Lipinski definition) is 6. The molecule has 3 aromatic rings. The predicted molar refractivity (Wildman–Crippen MR) is 136 cm³/mol. The summed E-state index contributed by atoms with van der Waals surface area (Å²) in [4.78, 5) is 27.5. The van der Waals surface area contributed by atoms with Crippen LogP contribution in [-0.2, 0) is 0 Å². The number of piperidine rings is 1. The van der Waals surface area contributed by atoms with Crippen molar-refractivity contribution in [1.82, 2.24) is 15.5 Å². The van der Waals surface area contributed by atoms with E-state index in [1.54, 1.807) is 0 Å². The van der Waals surface area contributed by atoms with Gasteiger partial charge in [0.25, 0.3) is 11.8 Å². The monoisotopic (exact) mass is 475 g/mol. The van der Waals surface area contributed by atoms with Crippen molar-refractivity contribution in [2.45, 2.75) is 39.0 Å². The smallest absolute Gasteiger partial charge is 0.257 e. The van der Waals surface area contributed by atoms with E-state index in [2.05, 4.69) is 25.7 Å². The van der Waals surface area contributed by atoms with Crippen LogP contribution in [0.3, 0.4) is 0 Å². The van der Waals surface area contributed by atoms with E-state index in [9.17, 15) is 9.59 Å². The molecular formula is C26H29N5O2S. The van der Waals surface area contributed by atoms with Crippen molar-refractivity contribution in [2.75, 3.05) is 29.9 Å². The van der Waals surface area contributed by atoms with Gasteiger partial charge in [-0.05, 0) is 85.9 Å². The number of anilines is 2. The molecule has 1 aromatic heterocycles. The minimum absolute atomic E-state index is 0.0377. The highest BCUT2D eigenvalue weighted by molar-refractivity contribution is 7.19. The van der Waals surface area contributed by atoms with Crippen LogP contribution in [0.15, 0.2) is 42.5 Å². The Labute approximate surface area is 203 Å². The third-order valence-electron chi connectivity index (χ3n) is 6.47. The van der Waals surface area contributed by atoms with Gasteiger partial charge in [0, 0.05) is 30.8 Å². The van der Waals surface area contributed by atoms with Crippen molar-refractivity contribution in [2.24, 2.45) is 5.92 Å². The van der Waals surface area contributed by atoms with Gasteiger partial charge >= 0.3 is 0 Å². The minimum Gasteiger partial charge on any atom is -0.352 e. The lowest BCUT2D eigenvalue weighted by atomic mass is 9.97. The number of carbonyl (C=O) groups excluding carboxylic acids is 2. The molecule has 7 nitrogen and oxygen atoms in total. The molecular weight excluding hydrogens is 446 g/mol. The van der Waals surface area contributed by atoms with Crippen molar-refractivity contribution in [3.63, 3.8) is 0 Å². The van der Waals surface area contributed by atoms with Gasteiger partial charge in [-0.3, -0.25) is 14.9 Å². The number of aryl methyl sites for hydroxylation is 1. The second kappa shape index (κ2) is 9.93. The van der Waals surface area contributed by atoms with E-state index in [-0.39, 0.29) is 11.8 Å². The van der Waals surface area contributed by atoms with Gasteiger partial charge < -0.3 is 10.2 Å². The van der Waals surface area contributed by atoms with Crippen LogP contribution in [0.2, 0.25) is 0 Å². The van der Waals surface area contributed by atoms with E-state index >= 15 is 0 Å². The highest BCUT2D eigenvalue weighted by Crippen LogP contribution is 2.29. The summed E-state index contributed by atoms with van der Waals surface area (Å²) < 4.78 is 0. The Hall–Kier alpha value is -3.26. The maximum atomic E-state index is 12.9. The molecule has 0 unspecified atom stereocenters. The second-order valence-electron chi connectivity index (χ2n) is 9.15. The number of amides is 2. The van der Waals surface area contributed by atoms with Crippen molar-refractivity contribution >= 4 is 33.4 Å². The summed E-state index contributed by atoms with van der Waals surface area (Å²) in [6.07, 6.45) is 6.01. The van der Waals surface area contributed by atoms with Crippen LogP contribution in [0.5, 0.6) is 0 Å². The zero-order valence-electron chi connectivity index (χ0n) is 19.3. The molecule has 8 heteroatoms. The third-order valence-corrected chi connectivity index (χ3v) is 7.37. The zero-order valence-corrected chi connectivity index (χ0v) is 20.2. The molecule has 34 heavy (non-hydrogen) atoms. The molecule has 0 radical (unpaired) electrons. The molecule has 1 aliphatic heterocycles. The number of aromatic nitrogens is 2. The summed E-state index contributed by atoms with van der Waals surface area (Å²) in [6.45, 7) is 4.75. The van der Waals surface area contributed by atoms with Crippen LogP contribution < -0.4 is 15.5 Å². The maximum Gasteiger partial charge on any atom is 0.257 e. The Morgan fingerprint density at radius 3 is 2.44 bits per heavy atom. The molecule has 2 aliphatic rings. The van der Waals surface area contributed by atoms with Crippen molar-refractivity contribution < 1.29 is 9.59 Å². The lowest BCUT2D eigenvalue weighted by Crippen LogP contribution is -2.29. The predicted octanol–water partition coefficient (Wildman–Crippen LogP) is 4.90. The zero-order chi connectivity index (χ0) is 23.5. The topological polar surface area (TPSA) is 87.2 Å². The summed E-state index contributed by atoms with van der Waals surface area (Å²) in [5, 5.41) is 15.7. The number of carbonyl (C=O) groups is 2. The SMILES string of the molecule is Cc1ccc(C(=O)Nc2nnc(N3CCCCC3)s2)cc1-c1ccc(C(=O)NCC2CC2)cc1. The van der Waals surface area contributed by atoms with E-state index in [0.717, 1.165) is 41.5 Å². The molecule has 5 rings (SSSR count). The molecule has 2 fully saturated rings. The summed E-state index contributed by atoms with van der Waals surface area (Å²) in [7, 11) is 0. The quantitative estimate of drug-likeness (QED) is 0.508. The molecule has 1 saturated heterocycles. The Bertz CT molecular complexity index is 1180. The van der Waals surface area contributed by atoms with E-state index in [4.69, 9.17) is 0 Å². The number of nitrogens with zero attached hydrogens (tertiary/aromatic N) is 3. The third kappa shape index (κ3) is 5.28. The Morgan fingerprint density at radius 1 is 0.971 bits per heavy atom. The first-order valence-electron chi connectivity index (χ1n) is 12.0. The van der Waals surface area contributed by atoms with Crippen LogP contribution in [0.1, 0.15) is 58.4 Å². The van der Waals surface area contributed by atoms with Crippen LogP contribution in [0.4, 0.5) is 10.3 Å². The average Bonchev–Trinajstić information content (AvgIpc) is 3.59. The Kier molecular flexibility index (Phi) is 6.58. The normalized spacial score (nSPS) is 15.7. The number of rotatable bonds is 7. The van der Waals surface area contributed by atoms with E-state index in [0.29, 0.717) is 22.2 Å². The molecule has 1 aliphatic carbocycles. The fraction of sp³-hybridized carbons (Fsp3) is 0.385. The van der Waals surface area contributed by atoms with Gasteiger partial charge in [0.2, 0.25) is 10.3 Å². The molecule has 0 bridgehead atoms. The fourth-order valence-electron chi connectivity index (χ4n) is 4.18. The van der Waals surface area contributed by atoms with Gasteiger partial charge in [-0.2, -0.15) is 0 Å². The van der Waals surface area contributed by atoms with Gasteiger partial charge in [0.1, 0.15) is 0 Å². The van der Waals surface area contributed by atoms with Gasteiger partial charge in [-0.25, -0.2) is 0 Å². The highest BCUT2D eigenvalue weighted by Gasteiger charge is 2.22. The molecule has 176 valence electrons. The van der Waals surface area contributed by atoms with Crippen molar-refractivity contribution in [3.8, 4) is 11.1 Å². The Balaban J connectivity index is 1.27. The van der Waals surface area contributed by atoms with Gasteiger partial charge in [-0.15, -0.1) is 10.2 Å². The first-order chi connectivity index (χ1) is 16.6. The van der Waals surface area contributed by atoms with Crippen LogP contribution in [0, 0.1) is 12.8 Å². The van der Waals surface area contributed by atoms with E-state index < -0.39 is 0 Å². The first-order valence-corrected chi connectivity index (χ1v) is 12.8. The van der Waals surface area contributed by atoms with Crippen LogP contribution >= 0.6 is 11.3 Å². The molecule has 2 amide bonds. The lowest BCUT2D eigenvalue weighted by Gasteiger charge is -2.25. The molecule has 2 N–H and O–H groups in total. The largest absolute Gasteiger partial charge is 0.352 e. The standard InChI is InChI=1S/C26H29N5O2S/c1-17-5-8-21(24(33)28-25-29-30-26(34-25)31-13-3-2-4-14-31)15-22(17)19-9-11-20(12-10-19)23(32)27-16-18-6-7-18/h5,8-12,15,18H,2-4,6-7,13-14,16H2,1H3,(H,27,32)(H,28,29,33). The van der Waals surface area contributed by atoms with Gasteiger partial charge in [0.15, 0.2) is 0 Å². The average molecular weight is 476 g/mol. The lowest BCUT2D eigenvalue weighted by molar-refractivity contribution is 0.0951. The van der Waals surface area contributed by atoms with Gasteiger partial charge in [-0.1, -0.05) is 29.5 Å². The summed E-state index contributed by atoms with van der Waals surface area (Å²) in [6, 6.07) is 13.2. The number of hydrogen-bond donors (Lipinski definition) is 2. The number of nitrogens with one attached hydrogen (secondary N) is 2. The van der Waals surface area contributed by atoms with E-state index in [1.807, 2.05) is 49.4 Å². The number of benzene rings is 2. The van der Waals surface area contributed by atoms with Gasteiger partial charge in [0.05, 0.1) is 0 Å². The summed E-state index contributed by atoms with van der Waals surface area (Å²) in [5.41, 5.74) is 4.20. The molecule has 2 heterocycles. The molecule has 1 saturated carbocycles. The maximum absolute atomic E-state index is 12.9. The molecule has 0 spiro atoms. The Morgan fingerprint density at radius 2 is 1.71 bits per heavy atom. The summed E-state index contributed by atoms with van der Waals surface area (Å²) >= 11 is 1.41. The van der Waals surface area contributed by atoms with Crippen molar-refractivity contribution in [1.29, 1.82) is 0 Å². The first kappa shape index (κ1) is 22.5. The van der Waals surface area contributed by atoms with E-state index in [1.165, 1.54) is 43.4 Å². The van der Waals surface area contributed by atoms with Crippen LogP contribution in [-0.4, -0.2) is 41.6 Å². The molecule has 2 aromatic carbocycles. The highest BCUT2D eigenvalue weighted by atomic mass is 32.1. The van der Waals surface area contributed by atoms with Crippen LogP contribution in [0.25, 0.3) is 11.1 Å². The second-order valence-corrected chi connectivity index (χ2v) is 10.1.